The van der Waals surface area contributed by atoms with Gasteiger partial charge < -0.3 is 13.9 Å². The molecule has 0 N–H and O–H groups in total. The van der Waals surface area contributed by atoms with Gasteiger partial charge in [-0.1, -0.05) is 48.5 Å². The van der Waals surface area contributed by atoms with E-state index in [0.717, 1.165) is 16.8 Å². The number of hydrogen-bond donors (Lipinski definition) is 0. The van der Waals surface area contributed by atoms with Crippen molar-refractivity contribution in [2.75, 3.05) is 6.61 Å². The summed E-state index contributed by atoms with van der Waals surface area (Å²) in [5.41, 5.74) is 2.52. The maximum atomic E-state index is 12.0. The molecule has 1 aliphatic heterocycles. The third-order valence-electron chi connectivity index (χ3n) is 4.63. The number of esters is 1. The van der Waals surface area contributed by atoms with Crippen LogP contribution >= 0.6 is 0 Å². The first kappa shape index (κ1) is 18.9. The maximum Gasteiger partial charge on any atom is 0.420 e. The second-order valence-corrected chi connectivity index (χ2v) is 6.66. The van der Waals surface area contributed by atoms with Crippen LogP contribution in [0.1, 0.15) is 17.0 Å². The smallest absolute Gasteiger partial charge is 0.420 e. The molecule has 29 heavy (non-hydrogen) atoms. The van der Waals surface area contributed by atoms with Gasteiger partial charge in [0.15, 0.2) is 0 Å². The lowest BCUT2D eigenvalue weighted by atomic mass is 10.2. The zero-order chi connectivity index (χ0) is 20.2. The number of oxazole rings is 1. The van der Waals surface area contributed by atoms with E-state index in [0.29, 0.717) is 18.1 Å². The summed E-state index contributed by atoms with van der Waals surface area (Å²) in [5.74, 6) is 0.533. The van der Waals surface area contributed by atoms with Gasteiger partial charge in [-0.2, -0.15) is 0 Å². The zero-order valence-electron chi connectivity index (χ0n) is 15.9. The summed E-state index contributed by atoms with van der Waals surface area (Å²) < 4.78 is 16.2. The van der Waals surface area contributed by atoms with Gasteiger partial charge in [-0.25, -0.2) is 14.6 Å². The van der Waals surface area contributed by atoms with E-state index < -0.39 is 18.3 Å². The molecule has 0 radical (unpaired) electrons. The molecule has 0 aliphatic carbocycles. The zero-order valence-corrected chi connectivity index (χ0v) is 15.9. The predicted octanol–water partition coefficient (Wildman–Crippen LogP) is 3.71. The summed E-state index contributed by atoms with van der Waals surface area (Å²) in [7, 11) is 0. The molecule has 1 aliphatic rings. The van der Waals surface area contributed by atoms with Gasteiger partial charge in [0.25, 0.3) is 0 Å². The van der Waals surface area contributed by atoms with Crippen LogP contribution in [0.15, 0.2) is 65.1 Å². The molecule has 7 nitrogen and oxygen atoms in total. The lowest BCUT2D eigenvalue weighted by molar-refractivity contribution is -0.148. The van der Waals surface area contributed by atoms with Crippen molar-refractivity contribution in [2.24, 2.45) is 0 Å². The predicted molar refractivity (Wildman–Crippen MR) is 104 cm³/mol. The summed E-state index contributed by atoms with van der Waals surface area (Å²) in [6, 6.07) is 19.0. The van der Waals surface area contributed by atoms with Crippen molar-refractivity contribution in [1.29, 1.82) is 0 Å². The van der Waals surface area contributed by atoms with Crippen LogP contribution in [0, 0.1) is 6.92 Å². The van der Waals surface area contributed by atoms with E-state index in [1.54, 1.807) is 0 Å². The third kappa shape index (κ3) is 4.20. The Morgan fingerprint density at radius 2 is 1.72 bits per heavy atom. The molecule has 1 fully saturated rings. The molecule has 1 amide bonds. The van der Waals surface area contributed by atoms with E-state index in [9.17, 15) is 9.59 Å². The van der Waals surface area contributed by atoms with E-state index in [-0.39, 0.29) is 13.2 Å². The van der Waals surface area contributed by atoms with Gasteiger partial charge in [-0.05, 0) is 24.6 Å². The van der Waals surface area contributed by atoms with E-state index in [4.69, 9.17) is 13.9 Å². The van der Waals surface area contributed by atoms with Crippen molar-refractivity contribution in [1.82, 2.24) is 9.88 Å². The van der Waals surface area contributed by atoms with Crippen LogP contribution in [-0.4, -0.2) is 34.8 Å². The fraction of sp³-hybridized carbons (Fsp3) is 0.227. The number of hydrogen-bond acceptors (Lipinski definition) is 6. The van der Waals surface area contributed by atoms with Gasteiger partial charge in [-0.3, -0.25) is 4.90 Å². The number of aryl methyl sites for hydroxylation is 1. The van der Waals surface area contributed by atoms with Gasteiger partial charge in [0.2, 0.25) is 12.1 Å². The van der Waals surface area contributed by atoms with E-state index in [1.807, 2.05) is 67.6 Å². The van der Waals surface area contributed by atoms with Gasteiger partial charge >= 0.3 is 12.1 Å². The molecular formula is C22H20N2O5. The largest absolute Gasteiger partial charge is 0.441 e. The van der Waals surface area contributed by atoms with Crippen LogP contribution in [0.2, 0.25) is 0 Å². The standard InChI is InChI=1S/C22H20N2O5/c1-15-18(23-19(28-15)17-10-6-3-7-11-17)12-13-27-20-21(25)29-22(26)24(20)14-16-8-4-2-5-9-16/h2-11,20H,12-14H2,1H3. The first-order valence-corrected chi connectivity index (χ1v) is 9.31. The lowest BCUT2D eigenvalue weighted by Crippen LogP contribution is -2.37. The average Bonchev–Trinajstić information content (AvgIpc) is 3.23. The van der Waals surface area contributed by atoms with Crippen molar-refractivity contribution >= 4 is 12.1 Å². The minimum Gasteiger partial charge on any atom is -0.441 e. The van der Waals surface area contributed by atoms with Gasteiger partial charge in [-0.15, -0.1) is 0 Å². The number of cyclic esters (lactones) is 2. The summed E-state index contributed by atoms with van der Waals surface area (Å²) in [6.07, 6.45) is -1.32. The highest BCUT2D eigenvalue weighted by Gasteiger charge is 2.42. The average molecular weight is 392 g/mol. The number of carbonyl (C=O) groups excluding carboxylic acids is 2. The number of amides is 1. The van der Waals surface area contributed by atoms with Gasteiger partial charge in [0.05, 0.1) is 18.8 Å². The molecule has 4 rings (SSSR count). The molecule has 148 valence electrons. The summed E-state index contributed by atoms with van der Waals surface area (Å²) in [4.78, 5) is 29.9. The molecular weight excluding hydrogens is 372 g/mol. The van der Waals surface area contributed by atoms with Gasteiger partial charge in [0.1, 0.15) is 5.76 Å². The highest BCUT2D eigenvalue weighted by molar-refractivity contribution is 5.94. The van der Waals surface area contributed by atoms with E-state index >= 15 is 0 Å². The second-order valence-electron chi connectivity index (χ2n) is 6.66. The highest BCUT2D eigenvalue weighted by atomic mass is 16.6. The SMILES string of the molecule is Cc1oc(-c2ccccc2)nc1CCOC1C(=O)OC(=O)N1Cc1ccccc1. The lowest BCUT2D eigenvalue weighted by Gasteiger charge is -2.20. The molecule has 3 aromatic rings. The van der Waals surface area contributed by atoms with Crippen molar-refractivity contribution in [3.8, 4) is 11.5 Å². The van der Waals surface area contributed by atoms with Crippen LogP contribution in [0.25, 0.3) is 11.5 Å². The molecule has 1 atom stereocenters. The van der Waals surface area contributed by atoms with Crippen molar-refractivity contribution in [3.05, 3.63) is 77.7 Å². The Labute approximate surface area is 167 Å². The Bertz CT molecular complexity index is 1000. The van der Waals surface area contributed by atoms with Crippen molar-refractivity contribution in [2.45, 2.75) is 26.1 Å². The maximum absolute atomic E-state index is 12.0. The molecule has 1 aromatic heterocycles. The van der Waals surface area contributed by atoms with E-state index in [1.165, 1.54) is 4.90 Å². The highest BCUT2D eigenvalue weighted by Crippen LogP contribution is 2.23. The third-order valence-corrected chi connectivity index (χ3v) is 4.63. The van der Waals surface area contributed by atoms with Crippen LogP contribution in [0.4, 0.5) is 4.79 Å². The van der Waals surface area contributed by atoms with Crippen molar-refractivity contribution in [3.63, 3.8) is 0 Å². The number of aromatic nitrogens is 1. The minimum atomic E-state index is -1.07. The molecule has 2 aromatic carbocycles. The molecule has 0 saturated carbocycles. The second kappa shape index (κ2) is 8.28. The molecule has 7 heteroatoms. The topological polar surface area (TPSA) is 81.9 Å². The fourth-order valence-electron chi connectivity index (χ4n) is 3.14. The minimum absolute atomic E-state index is 0.194. The molecule has 1 saturated heterocycles. The van der Waals surface area contributed by atoms with Crippen LogP contribution < -0.4 is 0 Å². The van der Waals surface area contributed by atoms with E-state index in [2.05, 4.69) is 4.98 Å². The Kier molecular flexibility index (Phi) is 5.39. The first-order chi connectivity index (χ1) is 14.1. The van der Waals surface area contributed by atoms with Crippen LogP contribution in [0.5, 0.6) is 0 Å². The molecule has 1 unspecified atom stereocenters. The Morgan fingerprint density at radius 1 is 1.03 bits per heavy atom. The Balaban J connectivity index is 1.40. The summed E-state index contributed by atoms with van der Waals surface area (Å²) >= 11 is 0. The van der Waals surface area contributed by atoms with Crippen molar-refractivity contribution < 1.29 is 23.5 Å². The molecule has 2 heterocycles. The fourth-order valence-corrected chi connectivity index (χ4v) is 3.14. The molecule has 0 bridgehead atoms. The number of benzene rings is 2. The summed E-state index contributed by atoms with van der Waals surface area (Å²) in [6.45, 7) is 2.26. The summed E-state index contributed by atoms with van der Waals surface area (Å²) in [5, 5.41) is 0. The first-order valence-electron chi connectivity index (χ1n) is 9.31. The Morgan fingerprint density at radius 3 is 2.45 bits per heavy atom. The Hall–Kier alpha value is -3.45. The number of rotatable bonds is 7. The quantitative estimate of drug-likeness (QED) is 0.450. The van der Waals surface area contributed by atoms with Crippen LogP contribution in [-0.2, 0) is 27.2 Å². The van der Waals surface area contributed by atoms with Gasteiger partial charge in [0, 0.05) is 12.0 Å². The number of ether oxygens (including phenoxy) is 2. The normalized spacial score (nSPS) is 16.3. The molecule has 0 spiro atoms. The number of carbonyl (C=O) groups is 2. The number of nitrogens with zero attached hydrogens (tertiary/aromatic N) is 2. The monoisotopic (exact) mass is 392 g/mol. The van der Waals surface area contributed by atoms with Crippen LogP contribution in [0.3, 0.4) is 0 Å².